The third kappa shape index (κ3) is 3.78. The van der Waals surface area contributed by atoms with Crippen LogP contribution >= 0.6 is 0 Å². The Bertz CT molecular complexity index is 1070. The molecule has 5 heteroatoms. The molecule has 1 amide bonds. The molecule has 0 unspecified atom stereocenters. The van der Waals surface area contributed by atoms with Crippen LogP contribution in [0.5, 0.6) is 0 Å². The molecule has 5 nitrogen and oxygen atoms in total. The zero-order valence-corrected chi connectivity index (χ0v) is 15.7. The smallest absolute Gasteiger partial charge is 0.256 e. The summed E-state index contributed by atoms with van der Waals surface area (Å²) < 4.78 is 1.72. The summed E-state index contributed by atoms with van der Waals surface area (Å²) in [5, 5.41) is 7.48. The summed E-state index contributed by atoms with van der Waals surface area (Å²) in [5.41, 5.74) is 4.26. The second kappa shape index (κ2) is 8.05. The Labute approximate surface area is 164 Å². The monoisotopic (exact) mass is 370 g/mol. The van der Waals surface area contributed by atoms with Crippen LogP contribution in [-0.2, 0) is 6.42 Å². The highest BCUT2D eigenvalue weighted by atomic mass is 16.1. The van der Waals surface area contributed by atoms with Crippen LogP contribution in [-0.4, -0.2) is 26.5 Å². The largest absolute Gasteiger partial charge is 0.349 e. The number of rotatable bonds is 6. The third-order valence-corrected chi connectivity index (χ3v) is 4.80. The van der Waals surface area contributed by atoms with Crippen molar-refractivity contribution in [3.63, 3.8) is 0 Å². The first kappa shape index (κ1) is 17.9. The second-order valence-electron chi connectivity index (χ2n) is 6.89. The molecule has 2 aromatic heterocycles. The Morgan fingerprint density at radius 3 is 2.50 bits per heavy atom. The van der Waals surface area contributed by atoms with Gasteiger partial charge in [0.1, 0.15) is 5.56 Å². The van der Waals surface area contributed by atoms with E-state index >= 15 is 0 Å². The van der Waals surface area contributed by atoms with Crippen LogP contribution in [0.25, 0.3) is 16.9 Å². The fourth-order valence-corrected chi connectivity index (χ4v) is 3.28. The number of hydrogen-bond acceptors (Lipinski definition) is 3. The average Bonchev–Trinajstić information content (AvgIpc) is 3.18. The molecule has 0 saturated heterocycles. The molecular weight excluding hydrogens is 348 g/mol. The zero-order chi connectivity index (χ0) is 19.3. The van der Waals surface area contributed by atoms with Crippen LogP contribution < -0.4 is 5.32 Å². The van der Waals surface area contributed by atoms with Crippen LogP contribution in [0.15, 0.2) is 79.1 Å². The van der Waals surface area contributed by atoms with Crippen molar-refractivity contribution in [2.45, 2.75) is 25.8 Å². The van der Waals surface area contributed by atoms with E-state index < -0.39 is 0 Å². The molecule has 4 aromatic rings. The van der Waals surface area contributed by atoms with E-state index in [1.165, 1.54) is 5.56 Å². The molecule has 1 atom stereocenters. The predicted octanol–water partition coefficient (Wildman–Crippen LogP) is 4.15. The first-order valence-electron chi connectivity index (χ1n) is 9.45. The summed E-state index contributed by atoms with van der Waals surface area (Å²) in [5.74, 6) is -0.145. The van der Waals surface area contributed by atoms with E-state index in [0.717, 1.165) is 24.1 Å². The molecule has 4 rings (SSSR count). The molecule has 2 heterocycles. The lowest BCUT2D eigenvalue weighted by Crippen LogP contribution is -2.32. The number of aromatic nitrogens is 3. The van der Waals surface area contributed by atoms with Gasteiger partial charge >= 0.3 is 0 Å². The van der Waals surface area contributed by atoms with Crippen molar-refractivity contribution in [3.8, 4) is 11.3 Å². The van der Waals surface area contributed by atoms with Gasteiger partial charge in [0.25, 0.3) is 5.91 Å². The fourth-order valence-electron chi connectivity index (χ4n) is 3.28. The van der Waals surface area contributed by atoms with Gasteiger partial charge in [-0.25, -0.2) is 9.50 Å². The number of fused-ring (bicyclic) bond motifs is 1. The quantitative estimate of drug-likeness (QED) is 0.555. The Balaban J connectivity index is 1.50. The van der Waals surface area contributed by atoms with Gasteiger partial charge in [0.2, 0.25) is 0 Å². The highest BCUT2D eigenvalue weighted by Gasteiger charge is 2.17. The normalized spacial score (nSPS) is 12.0. The highest BCUT2D eigenvalue weighted by molar-refractivity contribution is 6.00. The molecule has 0 spiro atoms. The van der Waals surface area contributed by atoms with Crippen molar-refractivity contribution < 1.29 is 4.79 Å². The minimum absolute atomic E-state index is 0.0555. The number of carbonyl (C=O) groups excluding carboxylic acids is 1. The summed E-state index contributed by atoms with van der Waals surface area (Å²) in [6.07, 6.45) is 5.11. The van der Waals surface area contributed by atoms with Crippen LogP contribution in [0.3, 0.4) is 0 Å². The highest BCUT2D eigenvalue weighted by Crippen LogP contribution is 2.20. The van der Waals surface area contributed by atoms with E-state index in [4.69, 9.17) is 0 Å². The van der Waals surface area contributed by atoms with E-state index in [2.05, 4.69) is 27.5 Å². The van der Waals surface area contributed by atoms with Gasteiger partial charge in [0, 0.05) is 17.8 Å². The van der Waals surface area contributed by atoms with Gasteiger partial charge in [0.05, 0.1) is 11.9 Å². The maximum Gasteiger partial charge on any atom is 0.256 e. The third-order valence-electron chi connectivity index (χ3n) is 4.80. The maximum absolute atomic E-state index is 12.8. The van der Waals surface area contributed by atoms with Crippen molar-refractivity contribution in [1.82, 2.24) is 19.9 Å². The van der Waals surface area contributed by atoms with E-state index in [1.54, 1.807) is 16.9 Å². The molecule has 140 valence electrons. The zero-order valence-electron chi connectivity index (χ0n) is 15.7. The van der Waals surface area contributed by atoms with Crippen molar-refractivity contribution in [1.29, 1.82) is 0 Å². The van der Waals surface area contributed by atoms with Crippen molar-refractivity contribution in [2.75, 3.05) is 0 Å². The van der Waals surface area contributed by atoms with Gasteiger partial charge in [-0.1, -0.05) is 60.7 Å². The Hall–Kier alpha value is -3.47. The van der Waals surface area contributed by atoms with Crippen LogP contribution in [0, 0.1) is 0 Å². The number of benzene rings is 2. The predicted molar refractivity (Wildman–Crippen MR) is 110 cm³/mol. The lowest BCUT2D eigenvalue weighted by Gasteiger charge is -2.13. The minimum Gasteiger partial charge on any atom is -0.349 e. The van der Waals surface area contributed by atoms with E-state index in [-0.39, 0.29) is 11.9 Å². The average molecular weight is 370 g/mol. The maximum atomic E-state index is 12.8. The molecule has 0 fully saturated rings. The number of hydrogen-bond donors (Lipinski definition) is 1. The van der Waals surface area contributed by atoms with E-state index in [9.17, 15) is 4.79 Å². The summed E-state index contributed by atoms with van der Waals surface area (Å²) in [6, 6.07) is 22.2. The number of aryl methyl sites for hydroxylation is 1. The lowest BCUT2D eigenvalue weighted by molar-refractivity contribution is 0.0940. The van der Waals surface area contributed by atoms with Gasteiger partial charge in [0.15, 0.2) is 5.65 Å². The van der Waals surface area contributed by atoms with Gasteiger partial charge in [-0.15, -0.1) is 0 Å². The van der Waals surface area contributed by atoms with Gasteiger partial charge in [-0.05, 0) is 31.4 Å². The standard InChI is InChI=1S/C23H22N4O/c1-17(12-13-18-8-4-2-5-9-18)26-23(28)20-16-25-27-21(14-15-24-22(20)27)19-10-6-3-7-11-19/h2-11,14-17H,12-13H2,1H3,(H,26,28)/t17-/m0/s1. The summed E-state index contributed by atoms with van der Waals surface area (Å²) >= 11 is 0. The number of nitrogens with one attached hydrogen (secondary N) is 1. The topological polar surface area (TPSA) is 59.3 Å². The molecule has 0 aliphatic heterocycles. The summed E-state index contributed by atoms with van der Waals surface area (Å²) in [6.45, 7) is 2.02. The summed E-state index contributed by atoms with van der Waals surface area (Å²) in [4.78, 5) is 17.2. The SMILES string of the molecule is C[C@@H](CCc1ccccc1)NC(=O)c1cnn2c(-c3ccccc3)ccnc12. The van der Waals surface area contributed by atoms with Gasteiger partial charge in [-0.2, -0.15) is 5.10 Å². The molecule has 0 radical (unpaired) electrons. The molecule has 2 aromatic carbocycles. The van der Waals surface area contributed by atoms with Crippen molar-refractivity contribution in [2.24, 2.45) is 0 Å². The molecule has 1 N–H and O–H groups in total. The van der Waals surface area contributed by atoms with Crippen molar-refractivity contribution in [3.05, 3.63) is 90.3 Å². The Morgan fingerprint density at radius 1 is 1.04 bits per heavy atom. The van der Waals surface area contributed by atoms with Crippen LogP contribution in [0.2, 0.25) is 0 Å². The molecular formula is C23H22N4O. The van der Waals surface area contributed by atoms with Gasteiger partial charge in [-0.3, -0.25) is 4.79 Å². The second-order valence-corrected chi connectivity index (χ2v) is 6.89. The lowest BCUT2D eigenvalue weighted by atomic mass is 10.1. The molecule has 0 aliphatic carbocycles. The molecule has 0 bridgehead atoms. The summed E-state index contributed by atoms with van der Waals surface area (Å²) in [7, 11) is 0. The van der Waals surface area contributed by atoms with Crippen LogP contribution in [0.1, 0.15) is 29.3 Å². The van der Waals surface area contributed by atoms with Crippen LogP contribution in [0.4, 0.5) is 0 Å². The molecule has 28 heavy (non-hydrogen) atoms. The first-order valence-corrected chi connectivity index (χ1v) is 9.45. The van der Waals surface area contributed by atoms with E-state index in [1.807, 2.05) is 61.5 Å². The Kier molecular flexibility index (Phi) is 5.15. The number of amides is 1. The van der Waals surface area contributed by atoms with Gasteiger partial charge < -0.3 is 5.32 Å². The Morgan fingerprint density at radius 2 is 1.75 bits per heavy atom. The molecule has 0 saturated carbocycles. The van der Waals surface area contributed by atoms with E-state index in [0.29, 0.717) is 11.2 Å². The molecule has 0 aliphatic rings. The number of nitrogens with zero attached hydrogens (tertiary/aromatic N) is 3. The van der Waals surface area contributed by atoms with Crippen molar-refractivity contribution >= 4 is 11.6 Å². The number of carbonyl (C=O) groups is 1. The minimum atomic E-state index is -0.145. The fraction of sp³-hybridized carbons (Fsp3) is 0.174. The first-order chi connectivity index (χ1) is 13.7.